The molecule has 160 valence electrons. The summed E-state index contributed by atoms with van der Waals surface area (Å²) in [6.45, 7) is 1.82. The third-order valence-corrected chi connectivity index (χ3v) is 6.49. The molecule has 0 N–H and O–H groups in total. The lowest BCUT2D eigenvalue weighted by Gasteiger charge is -2.31. The van der Waals surface area contributed by atoms with E-state index in [1.54, 1.807) is 12.0 Å². The van der Waals surface area contributed by atoms with Crippen LogP contribution in [0, 0.1) is 0 Å². The number of para-hydroxylation sites is 1. The molecule has 1 aliphatic rings. The van der Waals surface area contributed by atoms with Crippen molar-refractivity contribution in [2.24, 2.45) is 0 Å². The molecule has 0 bridgehead atoms. The van der Waals surface area contributed by atoms with Crippen molar-refractivity contribution < 1.29 is 14.3 Å². The van der Waals surface area contributed by atoms with E-state index in [1.807, 2.05) is 49.6 Å². The van der Waals surface area contributed by atoms with Crippen LogP contribution in [-0.4, -0.2) is 34.5 Å². The monoisotopic (exact) mass is 564 g/mol. The number of benzene rings is 2. The van der Waals surface area contributed by atoms with Gasteiger partial charge in [-0.15, -0.1) is 10.2 Å². The number of ether oxygens (including phenoxy) is 2. The minimum absolute atomic E-state index is 0.0913. The van der Waals surface area contributed by atoms with Gasteiger partial charge in [0.15, 0.2) is 5.69 Å². The fourth-order valence-electron chi connectivity index (χ4n) is 3.37. The van der Waals surface area contributed by atoms with Gasteiger partial charge in [0.1, 0.15) is 5.75 Å². The average molecular weight is 566 g/mol. The number of halogens is 2. The van der Waals surface area contributed by atoms with Gasteiger partial charge >= 0.3 is 0 Å². The first-order chi connectivity index (χ1) is 15.0. The molecule has 0 radical (unpaired) electrons. The zero-order chi connectivity index (χ0) is 22.1. The molecule has 10 heteroatoms. The van der Waals surface area contributed by atoms with Crippen molar-refractivity contribution in [2.75, 3.05) is 18.3 Å². The number of methoxy groups -OCH3 is 1. The molecule has 1 amide bonds. The first-order valence-electron chi connectivity index (χ1n) is 9.38. The Morgan fingerprint density at radius 3 is 2.58 bits per heavy atom. The van der Waals surface area contributed by atoms with Crippen LogP contribution in [0.2, 0.25) is 0 Å². The maximum atomic E-state index is 13.2. The lowest BCUT2D eigenvalue weighted by Crippen LogP contribution is -2.37. The van der Waals surface area contributed by atoms with E-state index in [2.05, 4.69) is 47.0 Å². The summed E-state index contributed by atoms with van der Waals surface area (Å²) in [5.74, 6) is 0.887. The van der Waals surface area contributed by atoms with Crippen LogP contribution < -0.4 is 14.4 Å². The molecule has 2 aromatic carbocycles. The van der Waals surface area contributed by atoms with Gasteiger partial charge in [-0.3, -0.25) is 9.69 Å². The lowest BCUT2D eigenvalue weighted by atomic mass is 10.1. The third-order valence-electron chi connectivity index (χ3n) is 4.78. The topological polar surface area (TPSA) is 77.4 Å². The highest BCUT2D eigenvalue weighted by Crippen LogP contribution is 2.45. The van der Waals surface area contributed by atoms with E-state index < -0.39 is 6.23 Å². The number of aromatic nitrogens is 3. The Morgan fingerprint density at radius 2 is 1.94 bits per heavy atom. The van der Waals surface area contributed by atoms with E-state index in [1.165, 1.54) is 11.8 Å². The van der Waals surface area contributed by atoms with E-state index in [-0.39, 0.29) is 5.91 Å². The summed E-state index contributed by atoms with van der Waals surface area (Å²) in [7, 11) is 1.60. The fourth-order valence-corrected chi connectivity index (χ4v) is 5.22. The number of nitrogens with zero attached hydrogens (tertiary/aromatic N) is 4. The minimum atomic E-state index is -0.764. The molecule has 2 heterocycles. The van der Waals surface area contributed by atoms with Gasteiger partial charge in [-0.25, -0.2) is 0 Å². The number of carbonyl (C=O) groups excluding carboxylic acids is 1. The van der Waals surface area contributed by atoms with Crippen LogP contribution in [0.4, 0.5) is 5.69 Å². The van der Waals surface area contributed by atoms with Crippen LogP contribution in [-0.2, 0) is 4.79 Å². The molecule has 1 aliphatic heterocycles. The van der Waals surface area contributed by atoms with Crippen molar-refractivity contribution >= 4 is 55.2 Å². The SMILES string of the molecule is CCC(=O)N1c2ccccc2-c2nnc(SC)nc2OC1c1cc(Br)c(OC)c(Br)c1. The van der Waals surface area contributed by atoms with Crippen molar-refractivity contribution in [3.8, 4) is 22.9 Å². The molecule has 0 saturated heterocycles. The van der Waals surface area contributed by atoms with Crippen LogP contribution in [0.15, 0.2) is 50.5 Å². The van der Waals surface area contributed by atoms with Crippen molar-refractivity contribution in [3.63, 3.8) is 0 Å². The molecule has 1 atom stereocenters. The number of thioether (sulfide) groups is 1. The van der Waals surface area contributed by atoms with E-state index in [0.717, 1.165) is 20.1 Å². The zero-order valence-electron chi connectivity index (χ0n) is 16.9. The second-order valence-corrected chi connectivity index (χ2v) is 9.06. The summed E-state index contributed by atoms with van der Waals surface area (Å²) in [6, 6.07) is 11.3. The lowest BCUT2D eigenvalue weighted by molar-refractivity contribution is -0.120. The Labute approximate surface area is 200 Å². The number of hydrogen-bond donors (Lipinski definition) is 0. The molecule has 7 nitrogen and oxygen atoms in total. The van der Waals surface area contributed by atoms with E-state index >= 15 is 0 Å². The maximum Gasteiger partial charge on any atom is 0.247 e. The quantitative estimate of drug-likeness (QED) is 0.379. The number of carbonyl (C=O) groups is 1. The van der Waals surface area contributed by atoms with Gasteiger partial charge in [0.25, 0.3) is 0 Å². The number of rotatable bonds is 4. The van der Waals surface area contributed by atoms with Crippen molar-refractivity contribution in [2.45, 2.75) is 24.7 Å². The van der Waals surface area contributed by atoms with Crippen molar-refractivity contribution in [1.82, 2.24) is 15.2 Å². The molecule has 0 spiro atoms. The number of hydrogen-bond acceptors (Lipinski definition) is 7. The largest absolute Gasteiger partial charge is 0.494 e. The first-order valence-corrected chi connectivity index (χ1v) is 12.2. The molecule has 0 aliphatic carbocycles. The molecular formula is C21H18Br2N4O3S. The van der Waals surface area contributed by atoms with Gasteiger partial charge < -0.3 is 9.47 Å². The Hall–Kier alpha value is -2.17. The smallest absolute Gasteiger partial charge is 0.247 e. The number of fused-ring (bicyclic) bond motifs is 3. The summed E-state index contributed by atoms with van der Waals surface area (Å²) >= 11 is 8.47. The Balaban J connectivity index is 1.98. The number of amides is 1. The Bertz CT molecular complexity index is 1140. The zero-order valence-corrected chi connectivity index (χ0v) is 20.9. The number of anilines is 1. The summed E-state index contributed by atoms with van der Waals surface area (Å²) in [4.78, 5) is 19.4. The Kier molecular flexibility index (Phi) is 6.49. The van der Waals surface area contributed by atoms with Crippen LogP contribution in [0.5, 0.6) is 11.6 Å². The van der Waals surface area contributed by atoms with Gasteiger partial charge in [0, 0.05) is 17.5 Å². The standard InChI is InChI=1S/C21H18Br2N4O3S/c1-4-16(28)27-15-8-6-5-7-12(15)17-19(24-21(31-3)26-25-17)30-20(27)11-9-13(22)18(29-2)14(23)10-11/h5-10,20H,4H2,1-3H3. The van der Waals surface area contributed by atoms with Crippen molar-refractivity contribution in [1.29, 1.82) is 0 Å². The highest BCUT2D eigenvalue weighted by Gasteiger charge is 2.35. The highest BCUT2D eigenvalue weighted by molar-refractivity contribution is 9.11. The molecule has 0 fully saturated rings. The van der Waals surface area contributed by atoms with Gasteiger partial charge in [-0.2, -0.15) is 4.98 Å². The van der Waals surface area contributed by atoms with Crippen molar-refractivity contribution in [3.05, 3.63) is 50.9 Å². The van der Waals surface area contributed by atoms with Gasteiger partial charge in [-0.05, 0) is 56.3 Å². The Morgan fingerprint density at radius 1 is 1.23 bits per heavy atom. The first kappa shape index (κ1) is 22.0. The second-order valence-electron chi connectivity index (χ2n) is 6.57. The van der Waals surface area contributed by atoms with Gasteiger partial charge in [-0.1, -0.05) is 36.9 Å². The second kappa shape index (κ2) is 9.13. The fraction of sp³-hybridized carbons (Fsp3) is 0.238. The highest BCUT2D eigenvalue weighted by atomic mass is 79.9. The van der Waals surface area contributed by atoms with E-state index in [4.69, 9.17) is 9.47 Å². The third kappa shape index (κ3) is 4.04. The van der Waals surface area contributed by atoms with E-state index in [9.17, 15) is 4.79 Å². The molecule has 0 saturated carbocycles. The maximum absolute atomic E-state index is 13.2. The molecule has 3 aromatic rings. The predicted molar refractivity (Wildman–Crippen MR) is 127 cm³/mol. The van der Waals surface area contributed by atoms with Gasteiger partial charge in [0.2, 0.25) is 23.2 Å². The molecule has 1 aromatic heterocycles. The van der Waals surface area contributed by atoms with Crippen LogP contribution in [0.1, 0.15) is 25.1 Å². The molecule has 31 heavy (non-hydrogen) atoms. The van der Waals surface area contributed by atoms with Crippen LogP contribution in [0.25, 0.3) is 11.3 Å². The summed E-state index contributed by atoms with van der Waals surface area (Å²) < 4.78 is 13.3. The minimum Gasteiger partial charge on any atom is -0.494 e. The van der Waals surface area contributed by atoms with E-state index in [0.29, 0.717) is 34.6 Å². The molecular weight excluding hydrogens is 548 g/mol. The van der Waals surface area contributed by atoms with Crippen LogP contribution in [0.3, 0.4) is 0 Å². The normalized spacial score (nSPS) is 14.9. The summed E-state index contributed by atoms with van der Waals surface area (Å²) in [6.07, 6.45) is 1.41. The van der Waals surface area contributed by atoms with Crippen LogP contribution >= 0.6 is 43.6 Å². The van der Waals surface area contributed by atoms with Gasteiger partial charge in [0.05, 0.1) is 21.7 Å². The predicted octanol–water partition coefficient (Wildman–Crippen LogP) is 5.63. The molecule has 1 unspecified atom stereocenters. The average Bonchev–Trinajstić information content (AvgIpc) is 2.92. The summed E-state index contributed by atoms with van der Waals surface area (Å²) in [5, 5.41) is 9.03. The summed E-state index contributed by atoms with van der Waals surface area (Å²) in [5.41, 5.74) is 2.67. The molecule has 4 rings (SSSR count).